The van der Waals surface area contributed by atoms with Crippen molar-refractivity contribution >= 4 is 26.6 Å². The molecule has 1 aromatic heterocycles. The van der Waals surface area contributed by atoms with Gasteiger partial charge in [0.1, 0.15) is 22.9 Å². The number of benzene rings is 2. The van der Waals surface area contributed by atoms with E-state index in [-0.39, 0.29) is 28.9 Å². The number of hydrogen-bond donors (Lipinski definition) is 0. The number of ether oxygens (including phenoxy) is 1. The van der Waals surface area contributed by atoms with Crippen LogP contribution >= 0.6 is 0 Å². The summed E-state index contributed by atoms with van der Waals surface area (Å²) >= 11 is 0. The molecule has 0 spiro atoms. The van der Waals surface area contributed by atoms with Gasteiger partial charge in [0.25, 0.3) is 0 Å². The van der Waals surface area contributed by atoms with Gasteiger partial charge in [-0.15, -0.1) is 0 Å². The van der Waals surface area contributed by atoms with Crippen LogP contribution < -0.4 is 9.64 Å². The van der Waals surface area contributed by atoms with Crippen molar-refractivity contribution in [2.24, 2.45) is 0 Å². The van der Waals surface area contributed by atoms with Gasteiger partial charge in [-0.05, 0) is 49.4 Å². The maximum absolute atomic E-state index is 14.4. The third-order valence-electron chi connectivity index (χ3n) is 5.12. The first-order chi connectivity index (χ1) is 14.4. The summed E-state index contributed by atoms with van der Waals surface area (Å²) in [4.78, 5) is 6.01. The van der Waals surface area contributed by atoms with E-state index in [9.17, 15) is 17.2 Å². The Balaban J connectivity index is 1.54. The standard InChI is InChI=1S/C21H21F2N3O3S/c1-2-29-15-3-5-16(6-4-15)30(27,28)26-13-11-25(12-14-26)19-9-10-24-21-18(23)8-7-17(22)20(19)21/h3-10H,2,11-14H2,1H3. The van der Waals surface area contributed by atoms with Crippen LogP contribution in [0.5, 0.6) is 5.75 Å². The number of fused-ring (bicyclic) bond motifs is 1. The molecule has 158 valence electrons. The van der Waals surface area contributed by atoms with Crippen LogP contribution in [-0.4, -0.2) is 50.5 Å². The van der Waals surface area contributed by atoms with Gasteiger partial charge in [-0.3, -0.25) is 4.98 Å². The van der Waals surface area contributed by atoms with Crippen LogP contribution in [0.25, 0.3) is 10.9 Å². The highest BCUT2D eigenvalue weighted by atomic mass is 32.2. The van der Waals surface area contributed by atoms with Gasteiger partial charge in [0, 0.05) is 32.4 Å². The molecule has 0 unspecified atom stereocenters. The highest BCUT2D eigenvalue weighted by molar-refractivity contribution is 7.89. The number of aromatic nitrogens is 1. The highest BCUT2D eigenvalue weighted by Crippen LogP contribution is 2.31. The Labute approximate surface area is 173 Å². The summed E-state index contributed by atoms with van der Waals surface area (Å²) in [6.45, 7) is 3.53. The summed E-state index contributed by atoms with van der Waals surface area (Å²) in [6.07, 6.45) is 1.43. The molecule has 1 aliphatic heterocycles. The molecule has 1 fully saturated rings. The predicted molar refractivity (Wildman–Crippen MR) is 110 cm³/mol. The van der Waals surface area contributed by atoms with Crippen molar-refractivity contribution in [2.45, 2.75) is 11.8 Å². The lowest BCUT2D eigenvalue weighted by Crippen LogP contribution is -2.48. The second-order valence-electron chi connectivity index (χ2n) is 6.88. The second-order valence-corrected chi connectivity index (χ2v) is 8.82. The first kappa shape index (κ1) is 20.5. The maximum Gasteiger partial charge on any atom is 0.243 e. The Morgan fingerprint density at radius 1 is 0.967 bits per heavy atom. The summed E-state index contributed by atoms with van der Waals surface area (Å²) in [5.74, 6) is -0.538. The fraction of sp³-hybridized carbons (Fsp3) is 0.286. The number of anilines is 1. The SMILES string of the molecule is CCOc1ccc(S(=O)(=O)N2CCN(c3ccnc4c(F)ccc(F)c34)CC2)cc1. The number of hydrogen-bond acceptors (Lipinski definition) is 5. The lowest BCUT2D eigenvalue weighted by atomic mass is 10.1. The summed E-state index contributed by atoms with van der Waals surface area (Å²) in [5.41, 5.74) is 0.479. The molecule has 0 saturated carbocycles. The van der Waals surface area contributed by atoms with E-state index in [0.717, 1.165) is 12.1 Å². The van der Waals surface area contributed by atoms with E-state index in [1.807, 2.05) is 11.8 Å². The Morgan fingerprint density at radius 2 is 1.63 bits per heavy atom. The van der Waals surface area contributed by atoms with Gasteiger partial charge in [-0.1, -0.05) is 0 Å². The fourth-order valence-corrected chi connectivity index (χ4v) is 5.06. The molecule has 1 saturated heterocycles. The molecule has 0 radical (unpaired) electrons. The van der Waals surface area contributed by atoms with E-state index in [1.165, 1.54) is 22.6 Å². The molecule has 0 N–H and O–H groups in total. The van der Waals surface area contributed by atoms with Crippen LogP contribution in [0.1, 0.15) is 6.92 Å². The van der Waals surface area contributed by atoms with Crippen molar-refractivity contribution < 1.29 is 21.9 Å². The van der Waals surface area contributed by atoms with Crippen LogP contribution in [0.15, 0.2) is 53.6 Å². The molecular weight excluding hydrogens is 412 g/mol. The molecule has 9 heteroatoms. The van der Waals surface area contributed by atoms with Gasteiger partial charge in [-0.2, -0.15) is 4.31 Å². The molecule has 2 aromatic carbocycles. The summed E-state index contributed by atoms with van der Waals surface area (Å²) < 4.78 is 61.1. The van der Waals surface area contributed by atoms with Crippen molar-refractivity contribution in [1.29, 1.82) is 0 Å². The second kappa shape index (κ2) is 8.16. The topological polar surface area (TPSA) is 62.7 Å². The molecule has 0 aliphatic carbocycles. The van der Waals surface area contributed by atoms with E-state index in [0.29, 0.717) is 31.1 Å². The minimum Gasteiger partial charge on any atom is -0.494 e. The zero-order valence-corrected chi connectivity index (χ0v) is 17.2. The minimum atomic E-state index is -3.65. The number of sulfonamides is 1. The van der Waals surface area contributed by atoms with E-state index >= 15 is 0 Å². The Morgan fingerprint density at radius 3 is 2.30 bits per heavy atom. The van der Waals surface area contributed by atoms with Gasteiger partial charge in [0.15, 0.2) is 0 Å². The van der Waals surface area contributed by atoms with Crippen molar-refractivity contribution in [3.05, 3.63) is 60.3 Å². The van der Waals surface area contributed by atoms with Gasteiger partial charge in [0.2, 0.25) is 10.0 Å². The first-order valence-corrected chi connectivity index (χ1v) is 11.1. The average Bonchev–Trinajstić information content (AvgIpc) is 2.77. The van der Waals surface area contributed by atoms with E-state index in [2.05, 4.69) is 4.98 Å². The van der Waals surface area contributed by atoms with Crippen molar-refractivity contribution in [3.63, 3.8) is 0 Å². The molecule has 0 amide bonds. The smallest absolute Gasteiger partial charge is 0.243 e. The number of nitrogens with zero attached hydrogens (tertiary/aromatic N) is 3. The van der Waals surface area contributed by atoms with Crippen molar-refractivity contribution in [3.8, 4) is 5.75 Å². The number of pyridine rings is 1. The molecule has 30 heavy (non-hydrogen) atoms. The van der Waals surface area contributed by atoms with Gasteiger partial charge < -0.3 is 9.64 Å². The van der Waals surface area contributed by atoms with Gasteiger partial charge in [-0.25, -0.2) is 17.2 Å². The van der Waals surface area contributed by atoms with Crippen LogP contribution in [-0.2, 0) is 10.0 Å². The monoisotopic (exact) mass is 433 g/mol. The third-order valence-corrected chi connectivity index (χ3v) is 7.03. The minimum absolute atomic E-state index is 0.0306. The first-order valence-electron chi connectivity index (χ1n) is 9.62. The number of piperazine rings is 1. The molecule has 4 rings (SSSR count). The molecule has 1 aliphatic rings. The van der Waals surface area contributed by atoms with E-state index < -0.39 is 21.7 Å². The Hall–Kier alpha value is -2.78. The number of rotatable bonds is 5. The van der Waals surface area contributed by atoms with E-state index in [4.69, 9.17) is 4.74 Å². The molecular formula is C21H21F2N3O3S. The maximum atomic E-state index is 14.4. The summed E-state index contributed by atoms with van der Waals surface area (Å²) in [6, 6.07) is 10.1. The van der Waals surface area contributed by atoms with E-state index in [1.54, 1.807) is 18.2 Å². The Kier molecular flexibility index (Phi) is 5.57. The lowest BCUT2D eigenvalue weighted by molar-refractivity contribution is 0.340. The van der Waals surface area contributed by atoms with Crippen LogP contribution in [0.3, 0.4) is 0 Å². The van der Waals surface area contributed by atoms with Crippen molar-refractivity contribution in [2.75, 3.05) is 37.7 Å². The highest BCUT2D eigenvalue weighted by Gasteiger charge is 2.29. The molecule has 3 aromatic rings. The normalized spacial score (nSPS) is 15.5. The lowest BCUT2D eigenvalue weighted by Gasteiger charge is -2.35. The zero-order valence-electron chi connectivity index (χ0n) is 16.4. The fourth-order valence-electron chi connectivity index (χ4n) is 3.63. The molecule has 0 atom stereocenters. The largest absolute Gasteiger partial charge is 0.494 e. The third kappa shape index (κ3) is 3.70. The van der Waals surface area contributed by atoms with Gasteiger partial charge in [0.05, 0.1) is 22.6 Å². The Bertz CT molecular complexity index is 1160. The molecule has 6 nitrogen and oxygen atoms in total. The summed E-state index contributed by atoms with van der Waals surface area (Å²) in [5, 5.41) is 0.111. The molecule has 2 heterocycles. The zero-order chi connectivity index (χ0) is 21.3. The van der Waals surface area contributed by atoms with Crippen molar-refractivity contribution in [1.82, 2.24) is 9.29 Å². The van der Waals surface area contributed by atoms with Crippen LogP contribution in [0.4, 0.5) is 14.5 Å². The average molecular weight is 433 g/mol. The van der Waals surface area contributed by atoms with Crippen LogP contribution in [0.2, 0.25) is 0 Å². The quantitative estimate of drug-likeness (QED) is 0.617. The predicted octanol–water partition coefficient (Wildman–Crippen LogP) is 3.42. The number of halogens is 2. The summed E-state index contributed by atoms with van der Waals surface area (Å²) in [7, 11) is -3.65. The van der Waals surface area contributed by atoms with Crippen LogP contribution in [0, 0.1) is 11.6 Å². The molecule has 0 bridgehead atoms. The van der Waals surface area contributed by atoms with Gasteiger partial charge >= 0.3 is 0 Å².